The summed E-state index contributed by atoms with van der Waals surface area (Å²) < 4.78 is 28.8. The van der Waals surface area contributed by atoms with Gasteiger partial charge in [-0.05, 0) is 47.9 Å². The summed E-state index contributed by atoms with van der Waals surface area (Å²) >= 11 is 0. The van der Waals surface area contributed by atoms with Crippen molar-refractivity contribution < 1.29 is 18.7 Å². The van der Waals surface area contributed by atoms with Crippen molar-refractivity contribution in [2.75, 3.05) is 13.2 Å². The Morgan fingerprint density at radius 3 is 2.70 bits per heavy atom. The van der Waals surface area contributed by atoms with Gasteiger partial charge in [-0.2, -0.15) is 5.10 Å². The van der Waals surface area contributed by atoms with Crippen LogP contribution in [0.15, 0.2) is 36.7 Å². The third kappa shape index (κ3) is 2.98. The number of nitrogens with one attached hydrogen (secondary N) is 1. The highest BCUT2D eigenvalue weighted by molar-refractivity contribution is 5.92. The first-order chi connectivity index (χ1) is 15.8. The minimum Gasteiger partial charge on any atom is -0.395 e. The zero-order chi connectivity index (χ0) is 23.4. The van der Waals surface area contributed by atoms with Gasteiger partial charge in [-0.1, -0.05) is 19.9 Å². The predicted molar refractivity (Wildman–Crippen MR) is 115 cm³/mol. The second-order valence-corrected chi connectivity index (χ2v) is 9.12. The van der Waals surface area contributed by atoms with E-state index in [1.54, 1.807) is 12.3 Å². The highest BCUT2D eigenvalue weighted by atomic mass is 19.1. The number of amides is 1. The van der Waals surface area contributed by atoms with Gasteiger partial charge in [0.15, 0.2) is 0 Å². The van der Waals surface area contributed by atoms with E-state index in [0.717, 1.165) is 18.4 Å². The summed E-state index contributed by atoms with van der Waals surface area (Å²) in [4.78, 5) is 21.3. The van der Waals surface area contributed by atoms with E-state index in [4.69, 9.17) is 5.11 Å². The number of nitrogens with zero attached hydrogens (tertiary/aromatic N) is 4. The average Bonchev–Trinajstić information content (AvgIpc) is 3.18. The summed E-state index contributed by atoms with van der Waals surface area (Å²) in [5, 5.41) is 20.3. The molecule has 9 heteroatoms. The fourth-order valence-corrected chi connectivity index (χ4v) is 5.70. The van der Waals surface area contributed by atoms with Gasteiger partial charge in [-0.15, -0.1) is 5.10 Å². The van der Waals surface area contributed by atoms with Gasteiger partial charge in [0.05, 0.1) is 40.9 Å². The van der Waals surface area contributed by atoms with Crippen LogP contribution in [0, 0.1) is 17.0 Å². The van der Waals surface area contributed by atoms with E-state index >= 15 is 0 Å². The molecule has 0 spiro atoms. The van der Waals surface area contributed by atoms with Crippen LogP contribution in [0.5, 0.6) is 0 Å². The standard InChI is InChI=1S/C24H23F2N5O2/c1-23(2)14-6-7-24(23,19-12-27-11-18(29-19)22(33)28-8-9-32)21-13(14)10-17(30-31-21)20-15(25)4-3-5-16(20)26/h3-5,10-12,14,32H,6-9H2,1-2H3,(H,28,33)/t14-,24-/m1/s1. The smallest absolute Gasteiger partial charge is 0.271 e. The highest BCUT2D eigenvalue weighted by Gasteiger charge is 2.65. The number of aliphatic hydroxyl groups excluding tert-OH is 1. The second kappa shape index (κ2) is 7.62. The van der Waals surface area contributed by atoms with Crippen LogP contribution >= 0.6 is 0 Å². The van der Waals surface area contributed by atoms with Crippen LogP contribution in [-0.4, -0.2) is 44.3 Å². The van der Waals surface area contributed by atoms with Crippen molar-refractivity contribution in [2.24, 2.45) is 5.41 Å². The summed E-state index contributed by atoms with van der Waals surface area (Å²) in [5.41, 5.74) is 1.39. The molecule has 2 heterocycles. The normalized spacial score (nSPS) is 22.3. The predicted octanol–water partition coefficient (Wildman–Crippen LogP) is 3.14. The maximum Gasteiger partial charge on any atom is 0.271 e. The molecule has 2 bridgehead atoms. The lowest BCUT2D eigenvalue weighted by Gasteiger charge is -2.37. The van der Waals surface area contributed by atoms with Crippen molar-refractivity contribution in [3.63, 3.8) is 0 Å². The Hall–Kier alpha value is -3.33. The van der Waals surface area contributed by atoms with E-state index in [1.165, 1.54) is 24.4 Å². The Morgan fingerprint density at radius 1 is 1.21 bits per heavy atom. The van der Waals surface area contributed by atoms with Gasteiger partial charge >= 0.3 is 0 Å². The third-order valence-electron chi connectivity index (χ3n) is 7.30. The lowest BCUT2D eigenvalue weighted by Crippen LogP contribution is -2.38. The zero-order valence-electron chi connectivity index (χ0n) is 18.3. The summed E-state index contributed by atoms with van der Waals surface area (Å²) in [6.45, 7) is 4.18. The van der Waals surface area contributed by atoms with Crippen LogP contribution in [0.2, 0.25) is 0 Å². The molecule has 5 rings (SSSR count). The van der Waals surface area contributed by atoms with Crippen molar-refractivity contribution in [1.82, 2.24) is 25.5 Å². The minimum atomic E-state index is -0.686. The summed E-state index contributed by atoms with van der Waals surface area (Å²) in [5.74, 6) is -1.70. The zero-order valence-corrected chi connectivity index (χ0v) is 18.3. The van der Waals surface area contributed by atoms with E-state index in [1.807, 2.05) is 0 Å². The van der Waals surface area contributed by atoms with Gasteiger partial charge in [-0.3, -0.25) is 9.78 Å². The van der Waals surface area contributed by atoms with Crippen molar-refractivity contribution in [3.8, 4) is 11.3 Å². The fraction of sp³-hybridized carbons (Fsp3) is 0.375. The largest absolute Gasteiger partial charge is 0.395 e. The molecule has 0 unspecified atom stereocenters. The maximum absolute atomic E-state index is 14.4. The monoisotopic (exact) mass is 451 g/mol. The van der Waals surface area contributed by atoms with Crippen molar-refractivity contribution in [2.45, 2.75) is 38.0 Å². The van der Waals surface area contributed by atoms with Crippen LogP contribution in [0.4, 0.5) is 8.78 Å². The van der Waals surface area contributed by atoms with E-state index in [2.05, 4.69) is 39.3 Å². The van der Waals surface area contributed by atoms with Crippen molar-refractivity contribution >= 4 is 5.91 Å². The van der Waals surface area contributed by atoms with Gasteiger partial charge in [0.2, 0.25) is 0 Å². The molecule has 1 saturated carbocycles. The van der Waals surface area contributed by atoms with Crippen molar-refractivity contribution in [3.05, 3.63) is 70.9 Å². The van der Waals surface area contributed by atoms with E-state index in [9.17, 15) is 13.6 Å². The Morgan fingerprint density at radius 2 is 1.97 bits per heavy atom. The number of rotatable bonds is 5. The van der Waals surface area contributed by atoms with Crippen LogP contribution in [0.1, 0.15) is 60.0 Å². The molecule has 2 aliphatic carbocycles. The number of benzene rings is 1. The fourth-order valence-electron chi connectivity index (χ4n) is 5.70. The van der Waals surface area contributed by atoms with Crippen molar-refractivity contribution in [1.29, 1.82) is 0 Å². The number of fused-ring (bicyclic) bond motifs is 5. The number of hydrogen-bond donors (Lipinski definition) is 2. The van der Waals surface area contributed by atoms with E-state index in [-0.39, 0.29) is 41.4 Å². The lowest BCUT2D eigenvalue weighted by atomic mass is 9.66. The molecule has 0 radical (unpaired) electrons. The summed E-state index contributed by atoms with van der Waals surface area (Å²) in [6, 6.07) is 5.46. The molecule has 1 fully saturated rings. The Labute approximate surface area is 189 Å². The highest BCUT2D eigenvalue weighted by Crippen LogP contribution is 2.69. The van der Waals surface area contributed by atoms with E-state index < -0.39 is 23.0 Å². The first kappa shape index (κ1) is 21.5. The number of carbonyl (C=O) groups is 1. The number of halogens is 2. The Balaban J connectivity index is 1.63. The molecule has 2 aromatic heterocycles. The van der Waals surface area contributed by atoms with Gasteiger partial charge in [0, 0.05) is 12.7 Å². The van der Waals surface area contributed by atoms with Gasteiger partial charge < -0.3 is 10.4 Å². The maximum atomic E-state index is 14.4. The first-order valence-electron chi connectivity index (χ1n) is 10.9. The summed E-state index contributed by atoms with van der Waals surface area (Å²) in [6.07, 6.45) is 4.62. The van der Waals surface area contributed by atoms with Crippen LogP contribution in [-0.2, 0) is 5.41 Å². The molecule has 7 nitrogen and oxygen atoms in total. The number of hydrogen-bond acceptors (Lipinski definition) is 6. The number of carbonyl (C=O) groups excluding carboxylic acids is 1. The average molecular weight is 451 g/mol. The van der Waals surface area contributed by atoms with Gasteiger partial charge in [0.1, 0.15) is 17.3 Å². The SMILES string of the molecule is CC1(C)[C@@H]2CC[C@@]1(c1cncc(C(=O)NCCO)n1)c1nnc(-c3c(F)cccc3F)cc12. The van der Waals surface area contributed by atoms with Crippen LogP contribution < -0.4 is 5.32 Å². The van der Waals surface area contributed by atoms with Gasteiger partial charge in [-0.25, -0.2) is 13.8 Å². The molecule has 3 aromatic rings. The van der Waals surface area contributed by atoms with Crippen LogP contribution in [0.25, 0.3) is 11.3 Å². The molecule has 33 heavy (non-hydrogen) atoms. The Bertz CT molecular complexity index is 1250. The van der Waals surface area contributed by atoms with E-state index in [0.29, 0.717) is 11.4 Å². The molecule has 2 aliphatic rings. The third-order valence-corrected chi connectivity index (χ3v) is 7.30. The van der Waals surface area contributed by atoms with Crippen LogP contribution in [0.3, 0.4) is 0 Å². The molecule has 1 amide bonds. The minimum absolute atomic E-state index is 0.0882. The molecule has 1 aromatic carbocycles. The molecular formula is C24H23F2N5O2. The second-order valence-electron chi connectivity index (χ2n) is 9.12. The molecule has 2 atom stereocenters. The molecule has 2 N–H and O–H groups in total. The number of aromatic nitrogens is 4. The topological polar surface area (TPSA) is 101 Å². The molecule has 0 aliphatic heterocycles. The number of aliphatic hydroxyl groups is 1. The Kier molecular flexibility index (Phi) is 4.97. The summed E-state index contributed by atoms with van der Waals surface area (Å²) in [7, 11) is 0. The lowest BCUT2D eigenvalue weighted by molar-refractivity contribution is 0.0938. The van der Waals surface area contributed by atoms with Gasteiger partial charge in [0.25, 0.3) is 5.91 Å². The molecule has 170 valence electrons. The first-order valence-corrected chi connectivity index (χ1v) is 10.9. The molecular weight excluding hydrogens is 428 g/mol. The molecule has 0 saturated heterocycles. The quantitative estimate of drug-likeness (QED) is 0.618.